The monoisotopic (exact) mass is 559 g/mol. The van der Waals surface area contributed by atoms with Gasteiger partial charge in [0.05, 0.1) is 12.2 Å². The summed E-state index contributed by atoms with van der Waals surface area (Å²) >= 11 is 0. The molecular weight excluding hydrogens is 536 g/mol. The first-order valence-electron chi connectivity index (χ1n) is 10.0. The van der Waals surface area contributed by atoms with Crippen LogP contribution in [0.2, 0.25) is 0 Å². The smallest absolute Gasteiger partial charge is 0.226 e. The molecule has 4 aromatic rings. The highest BCUT2D eigenvalue weighted by molar-refractivity contribution is 14.0. The third-order valence-corrected chi connectivity index (χ3v) is 4.53. The van der Waals surface area contributed by atoms with Crippen LogP contribution in [0.3, 0.4) is 0 Å². The van der Waals surface area contributed by atoms with Crippen molar-refractivity contribution >= 4 is 29.9 Å². The van der Waals surface area contributed by atoms with Gasteiger partial charge in [0.15, 0.2) is 5.96 Å². The number of aliphatic imine (C=N–C) groups is 1. The molecular formula is C24H23FIN5O2. The van der Waals surface area contributed by atoms with E-state index < -0.39 is 0 Å². The number of ether oxygens (including phenoxy) is 1. The van der Waals surface area contributed by atoms with Gasteiger partial charge in [-0.15, -0.1) is 24.0 Å². The molecule has 0 amide bonds. The molecule has 0 spiro atoms. The van der Waals surface area contributed by atoms with E-state index in [-0.39, 0.29) is 29.8 Å². The molecule has 170 valence electrons. The van der Waals surface area contributed by atoms with Gasteiger partial charge in [-0.3, -0.25) is 4.99 Å². The van der Waals surface area contributed by atoms with Gasteiger partial charge in [0, 0.05) is 31.4 Å². The van der Waals surface area contributed by atoms with Gasteiger partial charge >= 0.3 is 0 Å². The maximum Gasteiger partial charge on any atom is 0.226 e. The summed E-state index contributed by atoms with van der Waals surface area (Å²) < 4.78 is 24.3. The summed E-state index contributed by atoms with van der Waals surface area (Å²) in [4.78, 5) is 12.9. The second-order valence-corrected chi connectivity index (χ2v) is 6.85. The van der Waals surface area contributed by atoms with Crippen molar-refractivity contribution in [1.29, 1.82) is 0 Å². The van der Waals surface area contributed by atoms with Crippen LogP contribution in [0.1, 0.15) is 11.3 Å². The van der Waals surface area contributed by atoms with Crippen LogP contribution in [0.4, 0.5) is 4.39 Å². The minimum absolute atomic E-state index is 0. The average Bonchev–Trinajstić information content (AvgIpc) is 3.31. The van der Waals surface area contributed by atoms with Crippen LogP contribution in [0.15, 0.2) is 88.6 Å². The summed E-state index contributed by atoms with van der Waals surface area (Å²) in [5.41, 5.74) is 2.65. The van der Waals surface area contributed by atoms with Crippen LogP contribution in [0, 0.1) is 5.82 Å². The molecule has 7 nitrogen and oxygen atoms in total. The lowest BCUT2D eigenvalue weighted by Crippen LogP contribution is -2.36. The zero-order chi connectivity index (χ0) is 22.2. The highest BCUT2D eigenvalue weighted by Crippen LogP contribution is 2.20. The Labute approximate surface area is 208 Å². The molecule has 2 aromatic carbocycles. The van der Waals surface area contributed by atoms with Gasteiger partial charge in [0.1, 0.15) is 17.8 Å². The molecule has 0 atom stereocenters. The average molecular weight is 559 g/mol. The van der Waals surface area contributed by atoms with E-state index in [9.17, 15) is 4.39 Å². The van der Waals surface area contributed by atoms with Crippen molar-refractivity contribution in [1.82, 2.24) is 20.6 Å². The van der Waals surface area contributed by atoms with Gasteiger partial charge in [0.25, 0.3) is 0 Å². The fourth-order valence-electron chi connectivity index (χ4n) is 2.92. The fraction of sp³-hybridized carbons (Fsp3) is 0.125. The maximum absolute atomic E-state index is 13.0. The molecule has 0 radical (unpaired) electrons. The van der Waals surface area contributed by atoms with Gasteiger partial charge in [-0.25, -0.2) is 14.4 Å². The summed E-state index contributed by atoms with van der Waals surface area (Å²) in [7, 11) is 1.70. The second-order valence-electron chi connectivity index (χ2n) is 6.85. The molecule has 0 unspecified atom stereocenters. The lowest BCUT2D eigenvalue weighted by Gasteiger charge is -2.11. The number of benzene rings is 2. The molecule has 33 heavy (non-hydrogen) atoms. The predicted octanol–water partition coefficient (Wildman–Crippen LogP) is 5.15. The first-order chi connectivity index (χ1) is 15.7. The van der Waals surface area contributed by atoms with Gasteiger partial charge in [-0.2, -0.15) is 0 Å². The second kappa shape index (κ2) is 12.0. The molecule has 2 heterocycles. The third kappa shape index (κ3) is 7.01. The minimum atomic E-state index is -0.316. The van der Waals surface area contributed by atoms with E-state index in [0.29, 0.717) is 36.6 Å². The summed E-state index contributed by atoms with van der Waals surface area (Å²) in [6.45, 7) is 0.974. The Hall–Kier alpha value is -3.47. The standard InChI is InChI=1S/C24H22FN5O2.HI/c1-26-24(29-15-20-16-31-23(30-20)18-5-3-2-4-6-18)28-14-17-11-12-27-22(13-17)32-21-9-7-19(25)8-10-21;/h2-13,16H,14-15H2,1H3,(H2,26,28,29);1H. The quantitative estimate of drug-likeness (QED) is 0.185. The van der Waals surface area contributed by atoms with E-state index in [1.807, 2.05) is 42.5 Å². The summed E-state index contributed by atoms with van der Waals surface area (Å²) in [5, 5.41) is 6.46. The Morgan fingerprint density at radius 2 is 1.79 bits per heavy atom. The molecule has 0 saturated carbocycles. The van der Waals surface area contributed by atoms with Gasteiger partial charge in [0.2, 0.25) is 11.8 Å². The number of hydrogen-bond donors (Lipinski definition) is 2. The van der Waals surface area contributed by atoms with Crippen molar-refractivity contribution < 1.29 is 13.5 Å². The number of guanidine groups is 1. The molecule has 2 aromatic heterocycles. The molecule has 0 aliphatic carbocycles. The third-order valence-electron chi connectivity index (χ3n) is 4.53. The van der Waals surface area contributed by atoms with Crippen LogP contribution in [-0.4, -0.2) is 23.0 Å². The summed E-state index contributed by atoms with van der Waals surface area (Å²) in [5.74, 6) is 1.82. The maximum atomic E-state index is 13.0. The molecule has 0 fully saturated rings. The number of aromatic nitrogens is 2. The Morgan fingerprint density at radius 3 is 2.55 bits per heavy atom. The van der Waals surface area contributed by atoms with Crippen molar-refractivity contribution in [3.05, 3.63) is 96.3 Å². The zero-order valence-electron chi connectivity index (χ0n) is 17.9. The summed E-state index contributed by atoms with van der Waals surface area (Å²) in [6.07, 6.45) is 3.29. The Balaban J connectivity index is 0.00000306. The van der Waals surface area contributed by atoms with Gasteiger partial charge in [-0.1, -0.05) is 18.2 Å². The van der Waals surface area contributed by atoms with Crippen molar-refractivity contribution in [2.75, 3.05) is 7.05 Å². The highest BCUT2D eigenvalue weighted by Gasteiger charge is 2.07. The lowest BCUT2D eigenvalue weighted by atomic mass is 10.2. The number of pyridine rings is 1. The Morgan fingerprint density at radius 1 is 1.03 bits per heavy atom. The lowest BCUT2D eigenvalue weighted by molar-refractivity contribution is 0.460. The van der Waals surface area contributed by atoms with Crippen LogP contribution in [-0.2, 0) is 13.1 Å². The number of nitrogens with zero attached hydrogens (tertiary/aromatic N) is 3. The van der Waals surface area contributed by atoms with Crippen LogP contribution >= 0.6 is 24.0 Å². The molecule has 0 bridgehead atoms. The van der Waals surface area contributed by atoms with Crippen molar-refractivity contribution in [3.8, 4) is 23.1 Å². The number of rotatable bonds is 7. The zero-order valence-corrected chi connectivity index (χ0v) is 20.2. The molecule has 0 saturated heterocycles. The van der Waals surface area contributed by atoms with E-state index >= 15 is 0 Å². The van der Waals surface area contributed by atoms with Crippen molar-refractivity contribution in [3.63, 3.8) is 0 Å². The van der Waals surface area contributed by atoms with Crippen LogP contribution in [0.5, 0.6) is 11.6 Å². The van der Waals surface area contributed by atoms with Gasteiger partial charge < -0.3 is 19.8 Å². The first-order valence-corrected chi connectivity index (χ1v) is 10.0. The molecule has 2 N–H and O–H groups in total. The van der Waals surface area contributed by atoms with E-state index in [2.05, 4.69) is 25.6 Å². The number of hydrogen-bond acceptors (Lipinski definition) is 5. The van der Waals surface area contributed by atoms with E-state index in [0.717, 1.165) is 16.8 Å². The number of oxazole rings is 1. The molecule has 0 aliphatic heterocycles. The molecule has 9 heteroatoms. The Bertz CT molecular complexity index is 1180. The number of halogens is 2. The van der Waals surface area contributed by atoms with Crippen LogP contribution in [0.25, 0.3) is 11.5 Å². The number of nitrogens with one attached hydrogen (secondary N) is 2. The largest absolute Gasteiger partial charge is 0.444 e. The SMILES string of the molecule is CN=C(NCc1ccnc(Oc2ccc(F)cc2)c1)NCc1coc(-c2ccccc2)n1.I. The normalized spacial score (nSPS) is 10.9. The fourth-order valence-corrected chi connectivity index (χ4v) is 2.92. The van der Waals surface area contributed by atoms with Crippen molar-refractivity contribution in [2.24, 2.45) is 4.99 Å². The topological polar surface area (TPSA) is 84.6 Å². The molecule has 0 aliphatic rings. The summed E-state index contributed by atoms with van der Waals surface area (Å²) in [6, 6.07) is 19.2. The van der Waals surface area contributed by atoms with E-state index in [1.165, 1.54) is 12.1 Å². The molecule has 4 rings (SSSR count). The Kier molecular flexibility index (Phi) is 8.76. The van der Waals surface area contributed by atoms with Crippen molar-refractivity contribution in [2.45, 2.75) is 13.1 Å². The highest BCUT2D eigenvalue weighted by atomic mass is 127. The van der Waals surface area contributed by atoms with Gasteiger partial charge in [-0.05, 0) is 48.0 Å². The van der Waals surface area contributed by atoms with Crippen LogP contribution < -0.4 is 15.4 Å². The van der Waals surface area contributed by atoms with E-state index in [1.54, 1.807) is 31.6 Å². The first kappa shape index (κ1) is 24.2. The minimum Gasteiger partial charge on any atom is -0.444 e. The predicted molar refractivity (Wildman–Crippen MR) is 135 cm³/mol. The van der Waals surface area contributed by atoms with E-state index in [4.69, 9.17) is 9.15 Å².